The number of H-pyrrole nitrogens is 1. The van der Waals surface area contributed by atoms with Gasteiger partial charge in [0.1, 0.15) is 0 Å². The van der Waals surface area contributed by atoms with E-state index in [-0.39, 0.29) is 11.7 Å². The topological polar surface area (TPSA) is 49.0 Å². The molecule has 4 nitrogen and oxygen atoms in total. The summed E-state index contributed by atoms with van der Waals surface area (Å²) in [6.07, 6.45) is 5.56. The summed E-state index contributed by atoms with van der Waals surface area (Å²) in [5, 5.41) is 1.06. The van der Waals surface area contributed by atoms with Crippen LogP contribution in [0.3, 0.4) is 0 Å². The molecule has 0 amide bonds. The van der Waals surface area contributed by atoms with Gasteiger partial charge in [0.25, 0.3) is 0 Å². The summed E-state index contributed by atoms with van der Waals surface area (Å²) in [4.78, 5) is 21.0. The molecule has 0 spiro atoms. The maximum Gasteiger partial charge on any atom is 0.171 e. The van der Waals surface area contributed by atoms with Crippen molar-refractivity contribution in [3.05, 3.63) is 60.0 Å². The first-order valence-corrected chi connectivity index (χ1v) is 9.66. The third-order valence-electron chi connectivity index (χ3n) is 4.65. The summed E-state index contributed by atoms with van der Waals surface area (Å²) in [7, 11) is 0. The minimum atomic E-state index is 0.0139. The Morgan fingerprint density at radius 3 is 3.00 bits per heavy atom. The van der Waals surface area contributed by atoms with Crippen LogP contribution in [0.5, 0.6) is 0 Å². The van der Waals surface area contributed by atoms with E-state index in [0.717, 1.165) is 53.0 Å². The zero-order valence-corrected chi connectivity index (χ0v) is 15.1. The van der Waals surface area contributed by atoms with E-state index >= 15 is 0 Å². The van der Waals surface area contributed by atoms with Gasteiger partial charge in [-0.2, -0.15) is 0 Å². The molecule has 128 valence electrons. The fourth-order valence-electron chi connectivity index (χ4n) is 3.45. The largest absolute Gasteiger partial charge is 0.358 e. The van der Waals surface area contributed by atoms with Gasteiger partial charge in [-0.3, -0.25) is 9.78 Å². The molecule has 1 saturated heterocycles. The fourth-order valence-corrected chi connectivity index (χ4v) is 4.61. The Morgan fingerprint density at radius 1 is 1.32 bits per heavy atom. The molecule has 2 aromatic heterocycles. The van der Waals surface area contributed by atoms with Gasteiger partial charge >= 0.3 is 0 Å². The SMILES string of the molecule is CCCc1[nH]c2ccccc2c1C(=O)C1CSN(c2cccnc2)C1. The van der Waals surface area contributed by atoms with Crippen LogP contribution in [-0.4, -0.2) is 28.0 Å². The van der Waals surface area contributed by atoms with E-state index < -0.39 is 0 Å². The standard InChI is InChI=1S/C20H21N3OS/c1-2-6-18-19(16-8-3-4-9-17(16)22-18)20(24)14-12-23(25-13-14)15-7-5-10-21-11-15/h3-5,7-11,14,22H,2,6,12-13H2,1H3. The lowest BCUT2D eigenvalue weighted by Crippen LogP contribution is -2.22. The number of para-hydroxylation sites is 1. The van der Waals surface area contributed by atoms with Gasteiger partial charge in [-0.25, -0.2) is 0 Å². The number of aryl methyl sites for hydroxylation is 1. The lowest BCUT2D eigenvalue weighted by Gasteiger charge is -2.16. The highest BCUT2D eigenvalue weighted by Crippen LogP contribution is 2.34. The molecular formula is C20H21N3OS. The Labute approximate surface area is 151 Å². The molecule has 1 unspecified atom stereocenters. The molecule has 5 heteroatoms. The second-order valence-electron chi connectivity index (χ2n) is 6.40. The minimum absolute atomic E-state index is 0.0139. The lowest BCUT2D eigenvalue weighted by molar-refractivity contribution is 0.0941. The second kappa shape index (κ2) is 6.92. The lowest BCUT2D eigenvalue weighted by atomic mass is 9.95. The van der Waals surface area contributed by atoms with Crippen molar-refractivity contribution in [2.45, 2.75) is 19.8 Å². The Hall–Kier alpha value is -2.27. The monoisotopic (exact) mass is 351 g/mol. The number of nitrogens with one attached hydrogen (secondary N) is 1. The normalized spacial score (nSPS) is 17.3. The van der Waals surface area contributed by atoms with Crippen LogP contribution >= 0.6 is 11.9 Å². The molecule has 1 N–H and O–H groups in total. The molecular weight excluding hydrogens is 330 g/mol. The maximum atomic E-state index is 13.3. The highest BCUT2D eigenvalue weighted by atomic mass is 32.2. The number of hydrogen-bond acceptors (Lipinski definition) is 4. The zero-order chi connectivity index (χ0) is 17.2. The van der Waals surface area contributed by atoms with E-state index in [1.807, 2.05) is 30.5 Å². The predicted molar refractivity (Wildman–Crippen MR) is 104 cm³/mol. The average molecular weight is 351 g/mol. The van der Waals surface area contributed by atoms with E-state index in [1.165, 1.54) is 0 Å². The van der Waals surface area contributed by atoms with Gasteiger partial charge in [0.05, 0.1) is 17.8 Å². The van der Waals surface area contributed by atoms with E-state index in [0.29, 0.717) is 0 Å². The summed E-state index contributed by atoms with van der Waals surface area (Å²) in [5.41, 5.74) is 4.11. The highest BCUT2D eigenvalue weighted by molar-refractivity contribution is 8.00. The summed E-state index contributed by atoms with van der Waals surface area (Å²) in [6.45, 7) is 2.88. The predicted octanol–water partition coefficient (Wildman–Crippen LogP) is 4.48. The summed E-state index contributed by atoms with van der Waals surface area (Å²) in [6, 6.07) is 12.1. The number of ketones is 1. The van der Waals surface area contributed by atoms with Gasteiger partial charge in [-0.05, 0) is 36.6 Å². The molecule has 25 heavy (non-hydrogen) atoms. The van der Waals surface area contributed by atoms with Gasteiger partial charge in [0.2, 0.25) is 0 Å². The van der Waals surface area contributed by atoms with Crippen molar-refractivity contribution in [1.82, 2.24) is 9.97 Å². The molecule has 0 aliphatic carbocycles. The Kier molecular flexibility index (Phi) is 4.49. The molecule has 1 aliphatic rings. The van der Waals surface area contributed by atoms with Crippen LogP contribution in [0, 0.1) is 5.92 Å². The van der Waals surface area contributed by atoms with Crippen molar-refractivity contribution in [2.24, 2.45) is 5.92 Å². The van der Waals surface area contributed by atoms with E-state index in [4.69, 9.17) is 0 Å². The van der Waals surface area contributed by atoms with E-state index in [2.05, 4.69) is 33.3 Å². The number of anilines is 1. The van der Waals surface area contributed by atoms with Crippen LogP contribution < -0.4 is 4.31 Å². The van der Waals surface area contributed by atoms with Crippen LogP contribution in [0.4, 0.5) is 5.69 Å². The number of aromatic nitrogens is 2. The Balaban J connectivity index is 1.63. The van der Waals surface area contributed by atoms with Crippen molar-refractivity contribution < 1.29 is 4.79 Å². The van der Waals surface area contributed by atoms with Crippen molar-refractivity contribution in [1.29, 1.82) is 0 Å². The number of nitrogens with zero attached hydrogens (tertiary/aromatic N) is 2. The first kappa shape index (κ1) is 16.2. The fraction of sp³-hybridized carbons (Fsp3) is 0.300. The number of carbonyl (C=O) groups is 1. The van der Waals surface area contributed by atoms with Gasteiger partial charge in [0, 0.05) is 40.7 Å². The molecule has 1 aliphatic heterocycles. The molecule has 1 fully saturated rings. The molecule has 1 atom stereocenters. The van der Waals surface area contributed by atoms with Crippen LogP contribution in [0.1, 0.15) is 29.4 Å². The van der Waals surface area contributed by atoms with Crippen LogP contribution in [-0.2, 0) is 6.42 Å². The van der Waals surface area contributed by atoms with Gasteiger partial charge < -0.3 is 9.29 Å². The van der Waals surface area contributed by atoms with Crippen LogP contribution in [0.2, 0.25) is 0 Å². The Morgan fingerprint density at radius 2 is 2.20 bits per heavy atom. The summed E-state index contributed by atoms with van der Waals surface area (Å²) >= 11 is 1.72. The number of pyridine rings is 1. The van der Waals surface area contributed by atoms with Crippen molar-refractivity contribution in [2.75, 3.05) is 16.6 Å². The average Bonchev–Trinajstić information content (AvgIpc) is 3.27. The zero-order valence-electron chi connectivity index (χ0n) is 14.2. The van der Waals surface area contributed by atoms with Crippen molar-refractivity contribution in [3.8, 4) is 0 Å². The number of fused-ring (bicyclic) bond motifs is 1. The summed E-state index contributed by atoms with van der Waals surface area (Å²) in [5.74, 6) is 1.10. The van der Waals surface area contributed by atoms with Crippen LogP contribution in [0.15, 0.2) is 48.8 Å². The minimum Gasteiger partial charge on any atom is -0.358 e. The number of rotatable bonds is 5. The van der Waals surface area contributed by atoms with Crippen molar-refractivity contribution >= 4 is 34.3 Å². The third-order valence-corrected chi connectivity index (χ3v) is 5.88. The number of carbonyl (C=O) groups excluding carboxylic acids is 1. The van der Waals surface area contributed by atoms with Gasteiger partial charge in [0.15, 0.2) is 5.78 Å². The molecule has 1 aromatic carbocycles. The molecule has 0 radical (unpaired) electrons. The summed E-state index contributed by atoms with van der Waals surface area (Å²) < 4.78 is 2.18. The smallest absolute Gasteiger partial charge is 0.171 e. The molecule has 3 heterocycles. The Bertz CT molecular complexity index is 890. The molecule has 0 bridgehead atoms. The number of Topliss-reactive ketones (excluding diaryl/α,β-unsaturated/α-hetero) is 1. The highest BCUT2D eigenvalue weighted by Gasteiger charge is 2.32. The number of aromatic amines is 1. The first-order valence-electron chi connectivity index (χ1n) is 8.72. The number of hydrogen-bond donors (Lipinski definition) is 1. The molecule has 4 rings (SSSR count). The first-order chi connectivity index (χ1) is 12.3. The quantitative estimate of drug-likeness (QED) is 0.544. The second-order valence-corrected chi connectivity index (χ2v) is 7.44. The number of benzene rings is 1. The van der Waals surface area contributed by atoms with Crippen molar-refractivity contribution in [3.63, 3.8) is 0 Å². The van der Waals surface area contributed by atoms with E-state index in [1.54, 1.807) is 18.1 Å². The van der Waals surface area contributed by atoms with Crippen LogP contribution in [0.25, 0.3) is 10.9 Å². The molecule has 3 aromatic rings. The third kappa shape index (κ3) is 3.04. The van der Waals surface area contributed by atoms with Gasteiger partial charge in [-0.15, -0.1) is 0 Å². The maximum absolute atomic E-state index is 13.3. The molecule has 0 saturated carbocycles. The van der Waals surface area contributed by atoms with E-state index in [9.17, 15) is 4.79 Å². The van der Waals surface area contributed by atoms with Gasteiger partial charge in [-0.1, -0.05) is 31.5 Å².